The van der Waals surface area contributed by atoms with E-state index in [-0.39, 0.29) is 5.56 Å². The highest BCUT2D eigenvalue weighted by molar-refractivity contribution is 9.10. The quantitative estimate of drug-likeness (QED) is 0.894. The van der Waals surface area contributed by atoms with E-state index >= 15 is 0 Å². The van der Waals surface area contributed by atoms with E-state index in [2.05, 4.69) is 15.9 Å². The van der Waals surface area contributed by atoms with Crippen molar-refractivity contribution >= 4 is 15.9 Å². The summed E-state index contributed by atoms with van der Waals surface area (Å²) in [5.41, 5.74) is 0.449. The molecule has 0 aromatic heterocycles. The maximum Gasteiger partial charge on any atom is 0.130 e. The minimum atomic E-state index is -1.17. The van der Waals surface area contributed by atoms with E-state index in [0.717, 1.165) is 0 Å². The molecule has 1 unspecified atom stereocenters. The van der Waals surface area contributed by atoms with Crippen molar-refractivity contribution in [1.82, 2.24) is 0 Å². The van der Waals surface area contributed by atoms with Crippen molar-refractivity contribution in [3.8, 4) is 0 Å². The fraction of sp³-hybridized carbons (Fsp3) is 0.0769. The van der Waals surface area contributed by atoms with Crippen LogP contribution >= 0.6 is 15.9 Å². The summed E-state index contributed by atoms with van der Waals surface area (Å²) in [6.07, 6.45) is -1.17. The number of halogens is 3. The molecule has 1 N–H and O–H groups in total. The topological polar surface area (TPSA) is 20.2 Å². The van der Waals surface area contributed by atoms with Crippen molar-refractivity contribution in [1.29, 1.82) is 0 Å². The van der Waals surface area contributed by atoms with Gasteiger partial charge in [-0.3, -0.25) is 0 Å². The maximum absolute atomic E-state index is 13.6. The summed E-state index contributed by atoms with van der Waals surface area (Å²) >= 11 is 3.13. The van der Waals surface area contributed by atoms with Crippen LogP contribution in [0, 0.1) is 11.6 Å². The lowest BCUT2D eigenvalue weighted by molar-refractivity contribution is 0.214. The summed E-state index contributed by atoms with van der Waals surface area (Å²) < 4.78 is 27.2. The zero-order valence-electron chi connectivity index (χ0n) is 8.70. The van der Waals surface area contributed by atoms with Crippen molar-refractivity contribution in [3.05, 3.63) is 69.7 Å². The largest absolute Gasteiger partial charge is 0.384 e. The summed E-state index contributed by atoms with van der Waals surface area (Å²) in [5.74, 6) is -0.991. The van der Waals surface area contributed by atoms with Gasteiger partial charge in [0, 0.05) is 10.0 Å². The molecule has 17 heavy (non-hydrogen) atoms. The summed E-state index contributed by atoms with van der Waals surface area (Å²) in [6, 6.07) is 9.84. The first kappa shape index (κ1) is 12.2. The fourth-order valence-electron chi connectivity index (χ4n) is 1.58. The monoisotopic (exact) mass is 298 g/mol. The van der Waals surface area contributed by atoms with Gasteiger partial charge in [-0.15, -0.1) is 0 Å². The lowest BCUT2D eigenvalue weighted by Gasteiger charge is -2.12. The van der Waals surface area contributed by atoms with Gasteiger partial charge in [0.25, 0.3) is 0 Å². The van der Waals surface area contributed by atoms with Gasteiger partial charge >= 0.3 is 0 Å². The molecule has 1 nitrogen and oxygen atoms in total. The van der Waals surface area contributed by atoms with Crippen LogP contribution in [-0.2, 0) is 0 Å². The van der Waals surface area contributed by atoms with Gasteiger partial charge in [0.05, 0.1) is 0 Å². The Morgan fingerprint density at radius 3 is 2.47 bits per heavy atom. The lowest BCUT2D eigenvalue weighted by atomic mass is 10.0. The van der Waals surface area contributed by atoms with E-state index in [4.69, 9.17) is 0 Å². The normalized spacial score (nSPS) is 12.5. The molecule has 0 spiro atoms. The minimum absolute atomic E-state index is 0.124. The van der Waals surface area contributed by atoms with Gasteiger partial charge in [0.2, 0.25) is 0 Å². The number of hydrogen-bond donors (Lipinski definition) is 1. The molecule has 1 atom stereocenters. The molecule has 2 aromatic rings. The smallest absolute Gasteiger partial charge is 0.130 e. The van der Waals surface area contributed by atoms with Crippen molar-refractivity contribution in [2.24, 2.45) is 0 Å². The Balaban J connectivity index is 2.40. The summed E-state index contributed by atoms with van der Waals surface area (Å²) in [5, 5.41) is 9.97. The average Bonchev–Trinajstić information content (AvgIpc) is 2.28. The molecule has 0 aliphatic rings. The molecule has 0 aliphatic heterocycles. The van der Waals surface area contributed by atoms with Crippen LogP contribution in [0.2, 0.25) is 0 Å². The first-order chi connectivity index (χ1) is 8.08. The average molecular weight is 299 g/mol. The zero-order valence-corrected chi connectivity index (χ0v) is 10.3. The van der Waals surface area contributed by atoms with Crippen LogP contribution in [0.25, 0.3) is 0 Å². The van der Waals surface area contributed by atoms with Gasteiger partial charge in [-0.25, -0.2) is 8.78 Å². The van der Waals surface area contributed by atoms with Crippen molar-refractivity contribution < 1.29 is 13.9 Å². The van der Waals surface area contributed by atoms with Crippen LogP contribution in [-0.4, -0.2) is 5.11 Å². The Bertz CT molecular complexity index is 543. The highest BCUT2D eigenvalue weighted by Gasteiger charge is 2.15. The summed E-state index contributed by atoms with van der Waals surface area (Å²) in [6.45, 7) is 0. The third kappa shape index (κ3) is 2.70. The number of aliphatic hydroxyl groups is 1. The van der Waals surface area contributed by atoms with E-state index < -0.39 is 17.7 Å². The number of benzene rings is 2. The van der Waals surface area contributed by atoms with Gasteiger partial charge in [0.15, 0.2) is 0 Å². The highest BCUT2D eigenvalue weighted by Crippen LogP contribution is 2.26. The summed E-state index contributed by atoms with van der Waals surface area (Å²) in [7, 11) is 0. The molecule has 0 saturated carbocycles. The van der Waals surface area contributed by atoms with E-state index in [1.54, 1.807) is 12.1 Å². The number of hydrogen-bond acceptors (Lipinski definition) is 1. The fourth-order valence-corrected chi connectivity index (χ4v) is 1.91. The van der Waals surface area contributed by atoms with Crippen LogP contribution in [0.15, 0.2) is 46.9 Å². The van der Waals surface area contributed by atoms with E-state index in [1.165, 1.54) is 30.3 Å². The van der Waals surface area contributed by atoms with Gasteiger partial charge in [-0.2, -0.15) is 0 Å². The van der Waals surface area contributed by atoms with Crippen molar-refractivity contribution in [2.75, 3.05) is 0 Å². The number of rotatable bonds is 2. The molecule has 0 heterocycles. The second-order valence-corrected chi connectivity index (χ2v) is 4.54. The second-order valence-electron chi connectivity index (χ2n) is 3.62. The molecule has 4 heteroatoms. The second kappa shape index (κ2) is 4.94. The third-order valence-electron chi connectivity index (χ3n) is 2.42. The predicted molar refractivity (Wildman–Crippen MR) is 64.6 cm³/mol. The Morgan fingerprint density at radius 2 is 1.82 bits per heavy atom. The molecule has 0 amide bonds. The molecule has 2 aromatic carbocycles. The van der Waals surface area contributed by atoms with Crippen LogP contribution in [0.5, 0.6) is 0 Å². The maximum atomic E-state index is 13.6. The van der Waals surface area contributed by atoms with Crippen LogP contribution < -0.4 is 0 Å². The van der Waals surface area contributed by atoms with Crippen molar-refractivity contribution in [2.45, 2.75) is 6.10 Å². The Morgan fingerprint density at radius 1 is 1.06 bits per heavy atom. The molecule has 88 valence electrons. The number of aliphatic hydroxyl groups excluding tert-OH is 1. The predicted octanol–water partition coefficient (Wildman–Crippen LogP) is 3.81. The molecule has 0 fully saturated rings. The van der Waals surface area contributed by atoms with Gasteiger partial charge in [0.1, 0.15) is 17.7 Å². The molecule has 0 bridgehead atoms. The van der Waals surface area contributed by atoms with Gasteiger partial charge in [-0.1, -0.05) is 34.1 Å². The first-order valence-corrected chi connectivity index (χ1v) is 5.75. The van der Waals surface area contributed by atoms with Gasteiger partial charge < -0.3 is 5.11 Å². The van der Waals surface area contributed by atoms with E-state index in [1.807, 2.05) is 0 Å². The minimum Gasteiger partial charge on any atom is -0.384 e. The first-order valence-electron chi connectivity index (χ1n) is 4.96. The Hall–Kier alpha value is -1.26. The van der Waals surface area contributed by atoms with Crippen LogP contribution in [0.1, 0.15) is 17.2 Å². The summed E-state index contributed by atoms with van der Waals surface area (Å²) in [4.78, 5) is 0. The van der Waals surface area contributed by atoms with Crippen molar-refractivity contribution in [3.63, 3.8) is 0 Å². The molecule has 0 saturated heterocycles. The zero-order chi connectivity index (χ0) is 12.4. The van der Waals surface area contributed by atoms with Gasteiger partial charge in [-0.05, 0) is 29.8 Å². The van der Waals surface area contributed by atoms with E-state index in [0.29, 0.717) is 10.0 Å². The molecular formula is C13H9BrF2O. The third-order valence-corrected chi connectivity index (χ3v) is 2.91. The van der Waals surface area contributed by atoms with E-state index in [9.17, 15) is 13.9 Å². The molecule has 2 rings (SSSR count). The Kier molecular flexibility index (Phi) is 3.54. The SMILES string of the molecule is OC(c1cccc(F)c1)c1ccc(Br)cc1F. The standard InChI is InChI=1S/C13H9BrF2O/c14-9-4-5-11(12(16)7-9)13(17)8-2-1-3-10(15)6-8/h1-7,13,17H. The highest BCUT2D eigenvalue weighted by atomic mass is 79.9. The van der Waals surface area contributed by atoms with Crippen LogP contribution in [0.4, 0.5) is 8.78 Å². The van der Waals surface area contributed by atoms with Crippen LogP contribution in [0.3, 0.4) is 0 Å². The molecule has 0 radical (unpaired) electrons. The molecular weight excluding hydrogens is 290 g/mol. The lowest BCUT2D eigenvalue weighted by Crippen LogP contribution is -2.02. The Labute approximate surface area is 106 Å². The molecule has 0 aliphatic carbocycles.